The molecule has 1 N–H and O–H groups in total. The van der Waals surface area contributed by atoms with Crippen molar-refractivity contribution in [1.29, 1.82) is 0 Å². The number of hydrogen-bond acceptors (Lipinski definition) is 2. The SMILES string of the molecule is COc1ccc(C=C(C)CNC(C)(C)C)cc1Br. The van der Waals surface area contributed by atoms with Crippen LogP contribution in [0.5, 0.6) is 5.75 Å². The molecule has 1 rings (SSSR count). The predicted octanol–water partition coefficient (Wildman–Crippen LogP) is 4.25. The molecule has 18 heavy (non-hydrogen) atoms. The molecule has 0 aromatic heterocycles. The van der Waals surface area contributed by atoms with Gasteiger partial charge in [0.1, 0.15) is 5.75 Å². The third kappa shape index (κ3) is 5.23. The van der Waals surface area contributed by atoms with E-state index in [1.54, 1.807) is 7.11 Å². The van der Waals surface area contributed by atoms with E-state index >= 15 is 0 Å². The van der Waals surface area contributed by atoms with Crippen molar-refractivity contribution in [3.05, 3.63) is 33.8 Å². The molecule has 0 saturated heterocycles. The maximum atomic E-state index is 5.22. The number of benzene rings is 1. The molecule has 0 aliphatic heterocycles. The zero-order valence-electron chi connectivity index (χ0n) is 11.8. The summed E-state index contributed by atoms with van der Waals surface area (Å²) in [6, 6.07) is 6.10. The van der Waals surface area contributed by atoms with Gasteiger partial charge in [0.2, 0.25) is 0 Å². The first-order valence-electron chi connectivity index (χ1n) is 6.07. The second-order valence-electron chi connectivity index (χ2n) is 5.49. The number of rotatable bonds is 4. The van der Waals surface area contributed by atoms with Crippen molar-refractivity contribution in [1.82, 2.24) is 5.32 Å². The van der Waals surface area contributed by atoms with E-state index in [2.05, 4.69) is 67.2 Å². The Morgan fingerprint density at radius 3 is 2.56 bits per heavy atom. The van der Waals surface area contributed by atoms with Crippen LogP contribution in [0.4, 0.5) is 0 Å². The molecule has 100 valence electrons. The van der Waals surface area contributed by atoms with Crippen molar-refractivity contribution >= 4 is 22.0 Å². The number of nitrogens with one attached hydrogen (secondary N) is 1. The fourth-order valence-electron chi connectivity index (χ4n) is 1.51. The van der Waals surface area contributed by atoms with Crippen LogP contribution in [-0.2, 0) is 0 Å². The lowest BCUT2D eigenvalue weighted by atomic mass is 10.1. The van der Waals surface area contributed by atoms with E-state index in [1.807, 2.05) is 6.07 Å². The van der Waals surface area contributed by atoms with E-state index in [0.717, 1.165) is 16.8 Å². The van der Waals surface area contributed by atoms with Crippen LogP contribution in [0.15, 0.2) is 28.2 Å². The summed E-state index contributed by atoms with van der Waals surface area (Å²) in [4.78, 5) is 0. The van der Waals surface area contributed by atoms with Gasteiger partial charge in [0, 0.05) is 12.1 Å². The number of hydrogen-bond donors (Lipinski definition) is 1. The second-order valence-corrected chi connectivity index (χ2v) is 6.34. The van der Waals surface area contributed by atoms with E-state index in [9.17, 15) is 0 Å². The fraction of sp³-hybridized carbons (Fsp3) is 0.467. The lowest BCUT2D eigenvalue weighted by Crippen LogP contribution is -2.36. The molecular weight excluding hydrogens is 290 g/mol. The second kappa shape index (κ2) is 6.39. The Labute approximate surface area is 119 Å². The van der Waals surface area contributed by atoms with Crippen LogP contribution in [0, 0.1) is 0 Å². The van der Waals surface area contributed by atoms with E-state index in [-0.39, 0.29) is 5.54 Å². The summed E-state index contributed by atoms with van der Waals surface area (Å²) in [6.45, 7) is 9.54. The van der Waals surface area contributed by atoms with Gasteiger partial charge in [-0.05, 0) is 61.3 Å². The minimum atomic E-state index is 0.148. The summed E-state index contributed by atoms with van der Waals surface area (Å²) in [6.07, 6.45) is 2.18. The minimum absolute atomic E-state index is 0.148. The Morgan fingerprint density at radius 1 is 1.39 bits per heavy atom. The first-order valence-corrected chi connectivity index (χ1v) is 6.87. The minimum Gasteiger partial charge on any atom is -0.496 e. The third-order valence-electron chi connectivity index (χ3n) is 2.49. The average molecular weight is 312 g/mol. The van der Waals surface area contributed by atoms with Crippen LogP contribution in [0.25, 0.3) is 6.08 Å². The lowest BCUT2D eigenvalue weighted by Gasteiger charge is -2.20. The molecule has 0 radical (unpaired) electrons. The van der Waals surface area contributed by atoms with Gasteiger partial charge in [-0.3, -0.25) is 0 Å². The summed E-state index contributed by atoms with van der Waals surface area (Å²) < 4.78 is 6.20. The van der Waals surface area contributed by atoms with Crippen LogP contribution in [0.3, 0.4) is 0 Å². The highest BCUT2D eigenvalue weighted by Crippen LogP contribution is 2.26. The fourth-order valence-corrected chi connectivity index (χ4v) is 2.07. The summed E-state index contributed by atoms with van der Waals surface area (Å²) in [5, 5.41) is 3.47. The highest BCUT2D eigenvalue weighted by molar-refractivity contribution is 9.10. The lowest BCUT2D eigenvalue weighted by molar-refractivity contribution is 0.412. The average Bonchev–Trinajstić information content (AvgIpc) is 2.26. The van der Waals surface area contributed by atoms with Gasteiger partial charge in [-0.15, -0.1) is 0 Å². The Bertz CT molecular complexity index is 433. The standard InChI is InChI=1S/C15H22BrNO/c1-11(10-17-15(2,3)4)8-12-6-7-14(18-5)13(16)9-12/h6-9,17H,10H2,1-5H3. The molecule has 0 heterocycles. The van der Waals surface area contributed by atoms with Crippen molar-refractivity contribution in [3.63, 3.8) is 0 Å². The maximum Gasteiger partial charge on any atom is 0.133 e. The number of ether oxygens (including phenoxy) is 1. The van der Waals surface area contributed by atoms with Crippen molar-refractivity contribution in [2.24, 2.45) is 0 Å². The number of halogens is 1. The molecule has 0 amide bonds. The smallest absolute Gasteiger partial charge is 0.133 e. The van der Waals surface area contributed by atoms with Crippen molar-refractivity contribution in [3.8, 4) is 5.75 Å². The Morgan fingerprint density at radius 2 is 2.06 bits per heavy atom. The van der Waals surface area contributed by atoms with Gasteiger partial charge in [-0.2, -0.15) is 0 Å². The van der Waals surface area contributed by atoms with E-state index in [4.69, 9.17) is 4.74 Å². The van der Waals surface area contributed by atoms with Crippen LogP contribution in [-0.4, -0.2) is 19.2 Å². The van der Waals surface area contributed by atoms with Gasteiger partial charge in [-0.25, -0.2) is 0 Å². The molecule has 0 aliphatic rings. The number of methoxy groups -OCH3 is 1. The Balaban J connectivity index is 2.73. The predicted molar refractivity (Wildman–Crippen MR) is 82.1 cm³/mol. The third-order valence-corrected chi connectivity index (χ3v) is 3.11. The van der Waals surface area contributed by atoms with Crippen LogP contribution in [0.1, 0.15) is 33.3 Å². The Kier molecular flexibility index (Phi) is 5.42. The quantitative estimate of drug-likeness (QED) is 0.897. The molecule has 0 atom stereocenters. The molecular formula is C15H22BrNO. The molecule has 0 fully saturated rings. The van der Waals surface area contributed by atoms with Gasteiger partial charge >= 0.3 is 0 Å². The first kappa shape index (κ1) is 15.3. The van der Waals surface area contributed by atoms with Gasteiger partial charge in [0.25, 0.3) is 0 Å². The monoisotopic (exact) mass is 311 g/mol. The van der Waals surface area contributed by atoms with E-state index in [0.29, 0.717) is 0 Å². The molecule has 0 saturated carbocycles. The normalized spacial score (nSPS) is 12.7. The van der Waals surface area contributed by atoms with Gasteiger partial charge in [0.15, 0.2) is 0 Å². The summed E-state index contributed by atoms with van der Waals surface area (Å²) in [7, 11) is 1.67. The van der Waals surface area contributed by atoms with Gasteiger partial charge in [-0.1, -0.05) is 17.7 Å². The molecule has 3 heteroatoms. The van der Waals surface area contributed by atoms with E-state index < -0.39 is 0 Å². The van der Waals surface area contributed by atoms with Crippen molar-refractivity contribution < 1.29 is 4.74 Å². The largest absolute Gasteiger partial charge is 0.496 e. The van der Waals surface area contributed by atoms with E-state index in [1.165, 1.54) is 11.1 Å². The van der Waals surface area contributed by atoms with Crippen LogP contribution in [0.2, 0.25) is 0 Å². The molecule has 0 bridgehead atoms. The van der Waals surface area contributed by atoms with Crippen molar-refractivity contribution in [2.45, 2.75) is 33.2 Å². The zero-order valence-corrected chi connectivity index (χ0v) is 13.4. The first-order chi connectivity index (χ1) is 8.31. The molecule has 0 unspecified atom stereocenters. The summed E-state index contributed by atoms with van der Waals surface area (Å²) in [5.41, 5.74) is 2.63. The van der Waals surface area contributed by atoms with Gasteiger partial charge in [0.05, 0.1) is 11.6 Å². The summed E-state index contributed by atoms with van der Waals surface area (Å²) in [5.74, 6) is 0.859. The molecule has 0 spiro atoms. The highest BCUT2D eigenvalue weighted by Gasteiger charge is 2.08. The zero-order chi connectivity index (χ0) is 13.8. The molecule has 0 aliphatic carbocycles. The van der Waals surface area contributed by atoms with Crippen molar-refractivity contribution in [2.75, 3.05) is 13.7 Å². The van der Waals surface area contributed by atoms with Crippen LogP contribution >= 0.6 is 15.9 Å². The highest BCUT2D eigenvalue weighted by atomic mass is 79.9. The van der Waals surface area contributed by atoms with Crippen LogP contribution < -0.4 is 10.1 Å². The Hall–Kier alpha value is -0.800. The summed E-state index contributed by atoms with van der Waals surface area (Å²) >= 11 is 3.50. The van der Waals surface area contributed by atoms with Gasteiger partial charge < -0.3 is 10.1 Å². The molecule has 2 nitrogen and oxygen atoms in total. The topological polar surface area (TPSA) is 21.3 Å². The maximum absolute atomic E-state index is 5.22. The molecule has 1 aromatic rings. The molecule has 1 aromatic carbocycles.